The normalized spacial score (nSPS) is 33.2. The van der Waals surface area contributed by atoms with Crippen LogP contribution in [0.3, 0.4) is 0 Å². The molecule has 7 atom stereocenters. The first-order valence-electron chi connectivity index (χ1n) is 17.5. The van der Waals surface area contributed by atoms with Gasteiger partial charge in [0.25, 0.3) is 0 Å². The zero-order valence-electron chi connectivity index (χ0n) is 30.2. The number of fused-ring (bicyclic) bond motifs is 2. The van der Waals surface area contributed by atoms with Crippen molar-refractivity contribution in [3.63, 3.8) is 0 Å². The van der Waals surface area contributed by atoms with Gasteiger partial charge in [-0.1, -0.05) is 29.4 Å². The van der Waals surface area contributed by atoms with Crippen molar-refractivity contribution in [2.45, 2.75) is 123 Å². The third-order valence-corrected chi connectivity index (χ3v) is 11.4. The zero-order chi connectivity index (χ0) is 35.8. The summed E-state index contributed by atoms with van der Waals surface area (Å²) in [4.78, 5) is 41.9. The fourth-order valence-corrected chi connectivity index (χ4v) is 9.14. The van der Waals surface area contributed by atoms with E-state index in [4.69, 9.17) is 18.9 Å². The van der Waals surface area contributed by atoms with Gasteiger partial charge in [0.2, 0.25) is 0 Å². The molecular formula is C40H50O9. The van der Waals surface area contributed by atoms with E-state index in [1.807, 2.05) is 59.8 Å². The molecule has 2 N–H and O–H groups in total. The number of aliphatic carboxylic acids is 1. The SMILES string of the molecule is CCO[C@H]1[C@@H]2C[C@H]3C(C)(C)O[C@](CC=C(C)C(=O)O)(C2=O)[C@@]32Oc3c(CC=C(C)C)c4c(c(O)c3C(=O)[C@@H]12)C=C[C@@](C)(CCC=C(C)C)O4. The summed E-state index contributed by atoms with van der Waals surface area (Å²) in [5.41, 5.74) is -1.37. The van der Waals surface area contributed by atoms with E-state index < -0.39 is 52.2 Å². The lowest BCUT2D eigenvalue weighted by atomic mass is 9.45. The minimum Gasteiger partial charge on any atom is -0.506 e. The summed E-state index contributed by atoms with van der Waals surface area (Å²) < 4.78 is 27.2. The van der Waals surface area contributed by atoms with Crippen molar-refractivity contribution >= 4 is 23.6 Å². The highest BCUT2D eigenvalue weighted by molar-refractivity contribution is 6.10. The van der Waals surface area contributed by atoms with Crippen molar-refractivity contribution in [1.82, 2.24) is 0 Å². The van der Waals surface area contributed by atoms with Gasteiger partial charge in [0, 0.05) is 36.0 Å². The number of hydrogen-bond donors (Lipinski definition) is 2. The van der Waals surface area contributed by atoms with Crippen molar-refractivity contribution in [2.24, 2.45) is 17.8 Å². The molecule has 0 aromatic heterocycles. The van der Waals surface area contributed by atoms with Crippen LogP contribution in [-0.4, -0.2) is 62.9 Å². The zero-order valence-corrected chi connectivity index (χ0v) is 30.2. The van der Waals surface area contributed by atoms with Gasteiger partial charge in [-0.2, -0.15) is 0 Å². The lowest BCUT2D eigenvalue weighted by Gasteiger charge is -2.62. The first kappa shape index (κ1) is 35.1. The summed E-state index contributed by atoms with van der Waals surface area (Å²) in [5.74, 6) is -3.36. The van der Waals surface area contributed by atoms with E-state index in [1.165, 1.54) is 18.6 Å². The summed E-state index contributed by atoms with van der Waals surface area (Å²) in [5, 5.41) is 21.7. The Morgan fingerprint density at radius 3 is 2.35 bits per heavy atom. The lowest BCUT2D eigenvalue weighted by Crippen LogP contribution is -2.80. The number of carboxylic acid groups (broad SMARTS) is 1. The molecule has 4 bridgehead atoms. The second kappa shape index (κ2) is 12.0. The van der Waals surface area contributed by atoms with E-state index in [0.717, 1.165) is 12.0 Å². The number of phenolic OH excluding ortho intramolecular Hbond substituents is 1. The Kier molecular flexibility index (Phi) is 8.59. The molecule has 0 radical (unpaired) electrons. The van der Waals surface area contributed by atoms with Gasteiger partial charge in [0.05, 0.1) is 23.2 Å². The fourth-order valence-electron chi connectivity index (χ4n) is 9.14. The summed E-state index contributed by atoms with van der Waals surface area (Å²) >= 11 is 0. The van der Waals surface area contributed by atoms with Crippen molar-refractivity contribution in [3.8, 4) is 17.2 Å². The van der Waals surface area contributed by atoms with Gasteiger partial charge in [-0.05, 0) is 100 Å². The largest absolute Gasteiger partial charge is 0.506 e. The summed E-state index contributed by atoms with van der Waals surface area (Å²) in [6.45, 7) is 17.5. The van der Waals surface area contributed by atoms with Gasteiger partial charge in [-0.25, -0.2) is 4.79 Å². The number of carboxylic acids is 1. The number of hydrogen-bond acceptors (Lipinski definition) is 8. The average molecular weight is 675 g/mol. The van der Waals surface area contributed by atoms with Crippen LogP contribution in [0.1, 0.15) is 109 Å². The number of carbonyl (C=O) groups is 3. The first-order valence-corrected chi connectivity index (χ1v) is 17.5. The molecular weight excluding hydrogens is 624 g/mol. The highest BCUT2D eigenvalue weighted by atomic mass is 16.6. The molecule has 9 nitrogen and oxygen atoms in total. The average Bonchev–Trinajstić information content (AvgIpc) is 3.15. The lowest BCUT2D eigenvalue weighted by molar-refractivity contribution is -0.226. The minimum atomic E-state index is -1.66. The molecule has 4 fully saturated rings. The molecule has 264 valence electrons. The van der Waals surface area contributed by atoms with Crippen molar-refractivity contribution in [2.75, 3.05) is 6.61 Å². The Bertz CT molecular complexity index is 1740. The van der Waals surface area contributed by atoms with Gasteiger partial charge < -0.3 is 29.2 Å². The Balaban J connectivity index is 1.62. The van der Waals surface area contributed by atoms with E-state index >= 15 is 4.79 Å². The second-order valence-electron chi connectivity index (χ2n) is 15.7. The van der Waals surface area contributed by atoms with Gasteiger partial charge in [-0.15, -0.1) is 0 Å². The van der Waals surface area contributed by atoms with E-state index in [0.29, 0.717) is 36.1 Å². The van der Waals surface area contributed by atoms with Crippen molar-refractivity contribution in [1.29, 1.82) is 0 Å². The summed E-state index contributed by atoms with van der Waals surface area (Å²) in [7, 11) is 0. The number of Topliss-reactive ketones (excluding diaryl/α,β-unsaturated/α-hetero) is 2. The number of aromatic hydroxyl groups is 1. The summed E-state index contributed by atoms with van der Waals surface area (Å²) in [6.07, 6.45) is 10.8. The van der Waals surface area contributed by atoms with Crippen LogP contribution in [0.2, 0.25) is 0 Å². The maximum atomic E-state index is 15.2. The maximum Gasteiger partial charge on any atom is 0.330 e. The molecule has 3 saturated carbocycles. The molecule has 0 unspecified atom stereocenters. The Morgan fingerprint density at radius 2 is 1.71 bits per heavy atom. The van der Waals surface area contributed by atoms with E-state index in [9.17, 15) is 19.8 Å². The number of rotatable bonds is 10. The molecule has 3 aliphatic heterocycles. The maximum absolute atomic E-state index is 15.2. The van der Waals surface area contributed by atoms with E-state index in [2.05, 4.69) is 19.9 Å². The topological polar surface area (TPSA) is 129 Å². The monoisotopic (exact) mass is 674 g/mol. The van der Waals surface area contributed by atoms with Crippen LogP contribution in [-0.2, 0) is 25.5 Å². The number of benzene rings is 1. The van der Waals surface area contributed by atoms with Crippen LogP contribution < -0.4 is 9.47 Å². The predicted molar refractivity (Wildman–Crippen MR) is 185 cm³/mol. The third-order valence-electron chi connectivity index (χ3n) is 11.4. The Morgan fingerprint density at radius 1 is 1.02 bits per heavy atom. The molecule has 49 heavy (non-hydrogen) atoms. The van der Waals surface area contributed by atoms with Gasteiger partial charge >= 0.3 is 5.97 Å². The van der Waals surface area contributed by atoms with Crippen molar-refractivity contribution < 1.29 is 43.5 Å². The molecule has 1 aromatic rings. The molecule has 9 heteroatoms. The standard InChI is InChI=1S/C40H50O9/c1-10-46-34-26-20-27-37(7,8)49-39(35(26)43,19-15-23(6)36(44)45)40(27)29(34)31(42)28-30(41)24-16-18-38(9,17-11-12-21(2)3)47-32(24)25(33(28)48-40)14-13-22(4)5/h12-13,15-16,18,26-27,29,34,41H,10-11,14,17,19-20H2,1-9H3,(H,44,45)/t26-,27-,29-,34-,38+,39+,40+/m0/s1. The fraction of sp³-hybridized carbons (Fsp3) is 0.575. The molecule has 1 spiro atoms. The number of phenols is 1. The Labute approximate surface area is 289 Å². The first-order chi connectivity index (χ1) is 22.9. The van der Waals surface area contributed by atoms with Crippen molar-refractivity contribution in [3.05, 3.63) is 57.7 Å². The van der Waals surface area contributed by atoms with Crippen LogP contribution >= 0.6 is 0 Å². The number of ketones is 2. The van der Waals surface area contributed by atoms with Crippen LogP contribution in [0.4, 0.5) is 0 Å². The van der Waals surface area contributed by atoms with Gasteiger partial charge in [0.1, 0.15) is 28.4 Å². The highest BCUT2D eigenvalue weighted by Gasteiger charge is 2.85. The molecule has 3 aliphatic carbocycles. The molecule has 6 aliphatic rings. The van der Waals surface area contributed by atoms with Crippen LogP contribution in [0.25, 0.3) is 6.08 Å². The molecule has 0 amide bonds. The molecule has 3 heterocycles. The number of allylic oxidation sites excluding steroid dienone is 4. The second-order valence-corrected chi connectivity index (χ2v) is 15.7. The molecule has 1 aromatic carbocycles. The highest BCUT2D eigenvalue weighted by Crippen LogP contribution is 2.70. The van der Waals surface area contributed by atoms with Gasteiger partial charge in [-0.3, -0.25) is 9.59 Å². The predicted octanol–water partition coefficient (Wildman–Crippen LogP) is 7.33. The number of ether oxygens (including phenoxy) is 4. The quantitative estimate of drug-likeness (QED) is 0.194. The molecule has 1 saturated heterocycles. The van der Waals surface area contributed by atoms with Crippen LogP contribution in [0.15, 0.2) is 41.0 Å². The molecule has 7 rings (SSSR count). The van der Waals surface area contributed by atoms with Gasteiger partial charge in [0.15, 0.2) is 22.8 Å². The summed E-state index contributed by atoms with van der Waals surface area (Å²) in [6, 6.07) is 0. The smallest absolute Gasteiger partial charge is 0.330 e. The van der Waals surface area contributed by atoms with E-state index in [1.54, 1.807) is 0 Å². The minimum absolute atomic E-state index is 0.0576. The van der Waals surface area contributed by atoms with Crippen LogP contribution in [0, 0.1) is 17.8 Å². The van der Waals surface area contributed by atoms with Crippen LogP contribution in [0.5, 0.6) is 17.2 Å². The van der Waals surface area contributed by atoms with E-state index in [-0.39, 0.29) is 47.2 Å². The third kappa shape index (κ3) is 5.13. The Hall–Kier alpha value is -3.69. The number of carbonyl (C=O) groups excluding carboxylic acids is 2.